The zero-order chi connectivity index (χ0) is 17.1. The maximum atomic E-state index is 12.5. The van der Waals surface area contributed by atoms with Gasteiger partial charge in [-0.05, 0) is 29.8 Å². The van der Waals surface area contributed by atoms with Crippen molar-refractivity contribution in [3.8, 4) is 0 Å². The van der Waals surface area contributed by atoms with Gasteiger partial charge in [0, 0.05) is 19.0 Å². The van der Waals surface area contributed by atoms with E-state index in [0.717, 1.165) is 17.8 Å². The van der Waals surface area contributed by atoms with E-state index in [9.17, 15) is 4.79 Å². The average molecular weight is 346 g/mol. The van der Waals surface area contributed by atoms with Gasteiger partial charge >= 0.3 is 0 Å². The second-order valence-electron chi connectivity index (χ2n) is 6.18. The van der Waals surface area contributed by atoms with Crippen molar-refractivity contribution in [3.63, 3.8) is 0 Å². The molecule has 0 spiro atoms. The molecule has 1 amide bonds. The van der Waals surface area contributed by atoms with Crippen LogP contribution in [0.1, 0.15) is 42.8 Å². The van der Waals surface area contributed by atoms with E-state index in [1.54, 1.807) is 0 Å². The third kappa shape index (κ3) is 3.42. The summed E-state index contributed by atoms with van der Waals surface area (Å²) in [5, 5.41) is 10.0. The third-order valence-electron chi connectivity index (χ3n) is 4.17. The lowest BCUT2D eigenvalue weighted by molar-refractivity contribution is -0.134. The van der Waals surface area contributed by atoms with Crippen molar-refractivity contribution in [1.82, 2.24) is 20.1 Å². The molecular formula is C17H22N4O2S. The fourth-order valence-corrected chi connectivity index (χ4v) is 3.21. The van der Waals surface area contributed by atoms with Gasteiger partial charge in [0.25, 0.3) is 5.91 Å². The summed E-state index contributed by atoms with van der Waals surface area (Å²) in [4.78, 5) is 12.5. The highest BCUT2D eigenvalue weighted by Crippen LogP contribution is 2.26. The number of hydrogen-bond donors (Lipinski definition) is 2. The van der Waals surface area contributed by atoms with Crippen molar-refractivity contribution < 1.29 is 9.53 Å². The minimum absolute atomic E-state index is 0.108. The number of H-pyrrole nitrogens is 1. The van der Waals surface area contributed by atoms with Crippen molar-refractivity contribution in [2.45, 2.75) is 38.8 Å². The van der Waals surface area contributed by atoms with Crippen LogP contribution in [0.15, 0.2) is 24.3 Å². The van der Waals surface area contributed by atoms with Crippen LogP contribution >= 0.6 is 12.2 Å². The van der Waals surface area contributed by atoms with Crippen molar-refractivity contribution in [3.05, 3.63) is 46.0 Å². The van der Waals surface area contributed by atoms with Gasteiger partial charge in [-0.25, -0.2) is 0 Å². The number of aromatic amines is 1. The summed E-state index contributed by atoms with van der Waals surface area (Å²) < 4.78 is 8.18. The number of rotatable bonds is 5. The Morgan fingerprint density at radius 3 is 3.08 bits per heavy atom. The molecule has 24 heavy (non-hydrogen) atoms. The number of aromatic nitrogens is 3. The lowest BCUT2D eigenvalue weighted by atomic mass is 9.97. The number of ether oxygens (including phenoxy) is 1. The van der Waals surface area contributed by atoms with Gasteiger partial charge in [0.1, 0.15) is 5.82 Å². The van der Waals surface area contributed by atoms with Crippen LogP contribution in [-0.2, 0) is 22.5 Å². The predicted octanol–water partition coefficient (Wildman–Crippen LogP) is 2.49. The molecule has 0 bridgehead atoms. The Bertz CT molecular complexity index is 781. The van der Waals surface area contributed by atoms with Crippen LogP contribution in [0, 0.1) is 4.77 Å². The minimum atomic E-state index is -0.531. The third-order valence-corrected chi connectivity index (χ3v) is 4.48. The maximum absolute atomic E-state index is 12.5. The molecule has 2 N–H and O–H groups in total. The smallest absolute Gasteiger partial charge is 0.253 e. The van der Waals surface area contributed by atoms with E-state index >= 15 is 0 Å². The number of carbonyl (C=O) groups is 1. The Labute approximate surface area is 146 Å². The number of nitrogens with zero attached hydrogens (tertiary/aromatic N) is 2. The van der Waals surface area contributed by atoms with Gasteiger partial charge in [-0.15, -0.1) is 0 Å². The van der Waals surface area contributed by atoms with Gasteiger partial charge in [0.05, 0.1) is 6.61 Å². The molecule has 1 aliphatic heterocycles. The highest BCUT2D eigenvalue weighted by atomic mass is 32.1. The predicted molar refractivity (Wildman–Crippen MR) is 93.3 cm³/mol. The van der Waals surface area contributed by atoms with Gasteiger partial charge < -0.3 is 14.6 Å². The highest BCUT2D eigenvalue weighted by molar-refractivity contribution is 7.71. The molecule has 1 aromatic heterocycles. The van der Waals surface area contributed by atoms with Crippen molar-refractivity contribution >= 4 is 18.1 Å². The van der Waals surface area contributed by atoms with Crippen LogP contribution in [0.3, 0.4) is 0 Å². The first kappa shape index (κ1) is 16.9. The Morgan fingerprint density at radius 1 is 1.50 bits per heavy atom. The molecule has 1 atom stereocenters. The van der Waals surface area contributed by atoms with Crippen LogP contribution in [0.25, 0.3) is 0 Å². The molecule has 0 saturated carbocycles. The van der Waals surface area contributed by atoms with Gasteiger partial charge in [-0.2, -0.15) is 5.10 Å². The molecule has 0 fully saturated rings. The van der Waals surface area contributed by atoms with Gasteiger partial charge in [-0.1, -0.05) is 38.1 Å². The van der Waals surface area contributed by atoms with Crippen molar-refractivity contribution in [1.29, 1.82) is 0 Å². The van der Waals surface area contributed by atoms with E-state index in [1.807, 2.05) is 22.8 Å². The molecule has 0 saturated heterocycles. The number of nitrogens with one attached hydrogen (secondary N) is 2. The lowest BCUT2D eigenvalue weighted by Gasteiger charge is -2.25. The Kier molecular flexibility index (Phi) is 5.11. The first-order valence-electron chi connectivity index (χ1n) is 8.20. The number of benzene rings is 1. The first-order valence-corrected chi connectivity index (χ1v) is 8.61. The molecule has 0 aliphatic carbocycles. The second kappa shape index (κ2) is 7.27. The number of hydrogen-bond acceptors (Lipinski definition) is 4. The van der Waals surface area contributed by atoms with E-state index in [0.29, 0.717) is 24.5 Å². The summed E-state index contributed by atoms with van der Waals surface area (Å²) in [5.41, 5.74) is 2.15. The normalized spacial score (nSPS) is 16.9. The van der Waals surface area contributed by atoms with E-state index in [-0.39, 0.29) is 11.8 Å². The Morgan fingerprint density at radius 2 is 2.29 bits per heavy atom. The molecule has 0 radical (unpaired) electrons. The van der Waals surface area contributed by atoms with E-state index in [4.69, 9.17) is 17.0 Å². The average Bonchev–Trinajstić information content (AvgIpc) is 2.95. The van der Waals surface area contributed by atoms with E-state index in [2.05, 4.69) is 35.4 Å². The summed E-state index contributed by atoms with van der Waals surface area (Å²) in [6, 6.07) is 7.94. The number of fused-ring (bicyclic) bond motifs is 1. The van der Waals surface area contributed by atoms with Gasteiger partial charge in [0.2, 0.25) is 0 Å². The molecule has 1 aromatic carbocycles. The topological polar surface area (TPSA) is 71.9 Å². The van der Waals surface area contributed by atoms with Crippen LogP contribution < -0.4 is 5.32 Å². The molecule has 7 heteroatoms. The first-order chi connectivity index (χ1) is 11.6. The zero-order valence-corrected chi connectivity index (χ0v) is 14.7. The Balaban J connectivity index is 1.63. The van der Waals surface area contributed by atoms with Crippen molar-refractivity contribution in [2.75, 3.05) is 13.2 Å². The van der Waals surface area contributed by atoms with Gasteiger partial charge in [-0.3, -0.25) is 9.89 Å². The fourth-order valence-electron chi connectivity index (χ4n) is 2.98. The molecule has 128 valence electrons. The molecule has 0 unspecified atom stereocenters. The van der Waals surface area contributed by atoms with Crippen LogP contribution in [0.2, 0.25) is 0 Å². The molecule has 2 heterocycles. The van der Waals surface area contributed by atoms with E-state index < -0.39 is 6.10 Å². The summed E-state index contributed by atoms with van der Waals surface area (Å²) >= 11 is 5.26. The van der Waals surface area contributed by atoms with Crippen LogP contribution in [0.5, 0.6) is 0 Å². The number of amides is 1. The van der Waals surface area contributed by atoms with Crippen LogP contribution in [0.4, 0.5) is 0 Å². The number of carbonyl (C=O) groups excluding carboxylic acids is 1. The summed E-state index contributed by atoms with van der Waals surface area (Å²) in [6.07, 6.45) is 0.318. The summed E-state index contributed by atoms with van der Waals surface area (Å²) in [6.45, 7) is 5.76. The SMILES string of the molecule is CC(C)c1n[nH]c(=S)n1CCNC(=O)[C@H]1OCCc2ccccc21. The lowest BCUT2D eigenvalue weighted by Crippen LogP contribution is -2.35. The minimum Gasteiger partial charge on any atom is -0.363 e. The molecule has 1 aliphatic rings. The molecule has 2 aromatic rings. The summed E-state index contributed by atoms with van der Waals surface area (Å²) in [7, 11) is 0. The second-order valence-corrected chi connectivity index (χ2v) is 6.57. The molecular weight excluding hydrogens is 324 g/mol. The van der Waals surface area contributed by atoms with Gasteiger partial charge in [0.15, 0.2) is 10.9 Å². The van der Waals surface area contributed by atoms with E-state index in [1.165, 1.54) is 5.56 Å². The maximum Gasteiger partial charge on any atom is 0.253 e. The monoisotopic (exact) mass is 346 g/mol. The Hall–Kier alpha value is -1.99. The largest absolute Gasteiger partial charge is 0.363 e. The summed E-state index contributed by atoms with van der Waals surface area (Å²) in [5.74, 6) is 1.05. The van der Waals surface area contributed by atoms with Crippen LogP contribution in [-0.4, -0.2) is 33.8 Å². The zero-order valence-electron chi connectivity index (χ0n) is 13.9. The fraction of sp³-hybridized carbons (Fsp3) is 0.471. The van der Waals surface area contributed by atoms with Crippen molar-refractivity contribution in [2.24, 2.45) is 0 Å². The molecule has 3 rings (SSSR count). The highest BCUT2D eigenvalue weighted by Gasteiger charge is 2.26. The molecule has 6 nitrogen and oxygen atoms in total. The standard InChI is InChI=1S/C17H22N4O2S/c1-11(2)15-19-20-17(24)21(15)9-8-18-16(22)14-13-6-4-3-5-12(13)7-10-23-14/h3-6,11,14H,7-10H2,1-2H3,(H,18,22)(H,20,24)/t14-/m0/s1. The quantitative estimate of drug-likeness (QED) is 0.816.